The number of fused-ring (bicyclic) bond motifs is 2. The lowest BCUT2D eigenvalue weighted by molar-refractivity contribution is 0.0447. The Bertz CT molecular complexity index is 2140. The van der Waals surface area contributed by atoms with Crippen molar-refractivity contribution >= 4 is 55.6 Å². The molecule has 4 aromatic rings. The van der Waals surface area contributed by atoms with E-state index in [1.54, 1.807) is 13.0 Å². The van der Waals surface area contributed by atoms with E-state index in [0.29, 0.717) is 74.6 Å². The fourth-order valence-electron chi connectivity index (χ4n) is 10.1. The number of β-amino-alcohol motifs (C(OH)–C–C–N with tert-alkyl or cyclic N) is 1. The molecule has 1 fully saturated rings. The van der Waals surface area contributed by atoms with Gasteiger partial charge in [-0.25, -0.2) is 23.7 Å². The van der Waals surface area contributed by atoms with Crippen molar-refractivity contribution < 1.29 is 23.1 Å². The van der Waals surface area contributed by atoms with Crippen LogP contribution < -0.4 is 14.1 Å². The van der Waals surface area contributed by atoms with Crippen LogP contribution in [0.2, 0.25) is 33.2 Å². The molecule has 57 heavy (non-hydrogen) atoms. The number of aromatic nitrogens is 3. The highest BCUT2D eigenvalue weighted by Gasteiger charge is 2.47. The Hall–Kier alpha value is -3.25. The normalized spacial score (nSPS) is 16.9. The number of nitrogens with zero attached hydrogens (tertiary/aromatic N) is 4. The molecule has 1 atom stereocenters. The van der Waals surface area contributed by atoms with Gasteiger partial charge in [-0.1, -0.05) is 107 Å². The number of pyridine rings is 1. The van der Waals surface area contributed by atoms with Crippen LogP contribution in [0.5, 0.6) is 11.6 Å². The summed E-state index contributed by atoms with van der Waals surface area (Å²) in [6.07, 6.45) is 3.23. The maximum atomic E-state index is 17.8. The van der Waals surface area contributed by atoms with Crippen LogP contribution in [0, 0.1) is 23.1 Å². The maximum absolute atomic E-state index is 17.8. The lowest BCUT2D eigenvalue weighted by atomic mass is 9.94. The summed E-state index contributed by atoms with van der Waals surface area (Å²) in [6.45, 7) is 29.5. The predicted octanol–water partition coefficient (Wildman–Crippen LogP) is 12.3. The first-order valence-corrected chi connectivity index (χ1v) is 26.2. The quantitative estimate of drug-likeness (QED) is 0.0654. The van der Waals surface area contributed by atoms with Gasteiger partial charge in [0.05, 0.1) is 18.3 Å². The number of methoxy groups -OCH3 is 1. The molecule has 2 aromatic carbocycles. The van der Waals surface area contributed by atoms with Gasteiger partial charge in [-0.15, -0.1) is 5.54 Å². The van der Waals surface area contributed by atoms with Gasteiger partial charge in [0.1, 0.15) is 42.1 Å². The first kappa shape index (κ1) is 44.8. The van der Waals surface area contributed by atoms with Crippen molar-refractivity contribution in [1.29, 1.82) is 0 Å². The summed E-state index contributed by atoms with van der Waals surface area (Å²) < 4.78 is 47.5. The van der Waals surface area contributed by atoms with Crippen LogP contribution >= 0.6 is 11.8 Å². The molecule has 0 amide bonds. The molecule has 0 saturated carbocycles. The van der Waals surface area contributed by atoms with Crippen LogP contribution in [0.4, 0.5) is 14.6 Å². The van der Waals surface area contributed by atoms with Crippen molar-refractivity contribution in [3.05, 3.63) is 41.5 Å². The average Bonchev–Trinajstić information content (AvgIpc) is 3.13. The minimum atomic E-state index is -2.49. The number of rotatable bonds is 12. The molecule has 0 radical (unpaired) electrons. The molecule has 0 unspecified atom stereocenters. The molecule has 1 aliphatic rings. The van der Waals surface area contributed by atoms with Crippen LogP contribution in [0.25, 0.3) is 32.9 Å². The summed E-state index contributed by atoms with van der Waals surface area (Å²) in [5, 5.41) is 12.9. The lowest BCUT2D eigenvalue weighted by Gasteiger charge is -2.42. The van der Waals surface area contributed by atoms with Crippen molar-refractivity contribution in [2.24, 2.45) is 0 Å². The van der Waals surface area contributed by atoms with Crippen molar-refractivity contribution in [2.75, 3.05) is 31.4 Å². The zero-order valence-corrected chi connectivity index (χ0v) is 39.6. The SMILES string of the molecule is COc1nc(-c2cc(O[Si](C(C)C)(C(C)C)C(C)C)cc3ccc(F)c(C#C[Si](C(C)C)(C(C)C)C(C)C)c23)c(F)c2nc(SC)nc(N3CCC[C@@](C)(O)C3)c12. The van der Waals surface area contributed by atoms with Gasteiger partial charge >= 0.3 is 0 Å². The lowest BCUT2D eigenvalue weighted by Crippen LogP contribution is -2.50. The van der Waals surface area contributed by atoms with Crippen molar-refractivity contribution in [2.45, 2.75) is 147 Å². The van der Waals surface area contributed by atoms with E-state index in [0.717, 1.165) is 6.42 Å². The second kappa shape index (κ2) is 17.2. The van der Waals surface area contributed by atoms with E-state index >= 15 is 8.78 Å². The molecule has 0 spiro atoms. The van der Waals surface area contributed by atoms with Gasteiger partial charge in [-0.2, -0.15) is 0 Å². The number of benzene rings is 2. The molecule has 2 aromatic heterocycles. The Morgan fingerprint density at radius 3 is 2.00 bits per heavy atom. The van der Waals surface area contributed by atoms with Crippen LogP contribution in [-0.4, -0.2) is 68.5 Å². The number of anilines is 1. The largest absolute Gasteiger partial charge is 0.543 e. The van der Waals surface area contributed by atoms with Gasteiger partial charge < -0.3 is 19.2 Å². The van der Waals surface area contributed by atoms with E-state index in [4.69, 9.17) is 24.1 Å². The summed E-state index contributed by atoms with van der Waals surface area (Å²) in [5.74, 6) is 3.43. The van der Waals surface area contributed by atoms with Crippen molar-refractivity contribution in [3.8, 4) is 34.4 Å². The molecule has 3 heterocycles. The van der Waals surface area contributed by atoms with E-state index < -0.39 is 33.6 Å². The fourth-order valence-corrected chi connectivity index (χ4v) is 20.9. The summed E-state index contributed by atoms with van der Waals surface area (Å²) in [6, 6.07) is 6.98. The number of halogens is 2. The molecular formula is C45H64F2N4O3SSi2. The first-order valence-electron chi connectivity index (χ1n) is 20.6. The second-order valence-electron chi connectivity index (χ2n) is 18.1. The van der Waals surface area contributed by atoms with E-state index in [1.165, 1.54) is 24.9 Å². The zero-order chi connectivity index (χ0) is 42.4. The standard InChI is InChI=1S/C45H64F2N4O3SSi2/c1-26(2)56(27(3)4,28(5)6)22-19-34-36(46)18-17-32-23-33(54-57(29(7)8,30(9)10)31(11)12)24-35(37(32)34)40-39(47)41-38(43(48-40)53-14)42(50-44(49-41)55-15)51-21-16-20-45(13,52)25-51/h17-18,23-24,26-31,52H,16,20-21,25H2,1-15H3/t45-/m1/s1. The van der Waals surface area contributed by atoms with Crippen LogP contribution in [0.3, 0.4) is 0 Å². The van der Waals surface area contributed by atoms with Gasteiger partial charge in [0.25, 0.3) is 8.32 Å². The molecule has 1 saturated heterocycles. The maximum Gasteiger partial charge on any atom is 0.258 e. The highest BCUT2D eigenvalue weighted by Crippen LogP contribution is 2.47. The Balaban J connectivity index is 1.94. The molecule has 1 N–H and O–H groups in total. The highest BCUT2D eigenvalue weighted by molar-refractivity contribution is 7.98. The van der Waals surface area contributed by atoms with Gasteiger partial charge in [0.15, 0.2) is 11.0 Å². The summed E-state index contributed by atoms with van der Waals surface area (Å²) in [4.78, 5) is 16.4. The highest BCUT2D eigenvalue weighted by atomic mass is 32.2. The number of hydrogen-bond acceptors (Lipinski definition) is 8. The number of ether oxygens (including phenoxy) is 1. The molecule has 1 aliphatic heterocycles. The number of hydrogen-bond donors (Lipinski definition) is 1. The molecule has 0 bridgehead atoms. The zero-order valence-electron chi connectivity index (χ0n) is 36.8. The molecular weight excluding hydrogens is 771 g/mol. The summed E-state index contributed by atoms with van der Waals surface area (Å²) in [7, 11) is -3.30. The van der Waals surface area contributed by atoms with Crippen LogP contribution in [0.1, 0.15) is 108 Å². The number of piperidine rings is 1. The Labute approximate surface area is 346 Å². The van der Waals surface area contributed by atoms with E-state index in [2.05, 4.69) is 94.5 Å². The van der Waals surface area contributed by atoms with Gasteiger partial charge in [0, 0.05) is 24.0 Å². The number of aliphatic hydroxyl groups is 1. The topological polar surface area (TPSA) is 80.6 Å². The van der Waals surface area contributed by atoms with E-state index in [9.17, 15) is 5.11 Å². The first-order chi connectivity index (χ1) is 26.7. The molecule has 310 valence electrons. The molecule has 5 rings (SSSR count). The molecule has 12 heteroatoms. The van der Waals surface area contributed by atoms with Crippen molar-refractivity contribution in [3.63, 3.8) is 0 Å². The Morgan fingerprint density at radius 2 is 1.47 bits per heavy atom. The van der Waals surface area contributed by atoms with Gasteiger partial charge in [0.2, 0.25) is 5.88 Å². The smallest absolute Gasteiger partial charge is 0.258 e. The third-order valence-electron chi connectivity index (χ3n) is 12.6. The third-order valence-corrected chi connectivity index (χ3v) is 25.5. The summed E-state index contributed by atoms with van der Waals surface area (Å²) >= 11 is 1.31. The van der Waals surface area contributed by atoms with Crippen LogP contribution in [0.15, 0.2) is 29.4 Å². The van der Waals surface area contributed by atoms with Crippen molar-refractivity contribution in [1.82, 2.24) is 15.0 Å². The molecule has 7 nitrogen and oxygen atoms in total. The fraction of sp³-hybridized carbons (Fsp3) is 0.578. The second-order valence-corrected chi connectivity index (χ2v) is 29.9. The average molecular weight is 835 g/mol. The van der Waals surface area contributed by atoms with E-state index in [1.807, 2.05) is 23.3 Å². The van der Waals surface area contributed by atoms with Crippen LogP contribution in [-0.2, 0) is 0 Å². The number of thioether (sulfide) groups is 1. The van der Waals surface area contributed by atoms with Gasteiger partial charge in [-0.05, 0) is 82.9 Å². The molecule has 0 aliphatic carbocycles. The third kappa shape index (κ3) is 8.20. The van der Waals surface area contributed by atoms with E-state index in [-0.39, 0.29) is 39.3 Å². The summed E-state index contributed by atoms with van der Waals surface area (Å²) in [5.41, 5.74) is 5.19. The Kier molecular flexibility index (Phi) is 13.5. The minimum absolute atomic E-state index is 0.0308. The van der Waals surface area contributed by atoms with Gasteiger partial charge in [-0.3, -0.25) is 0 Å². The predicted molar refractivity (Wildman–Crippen MR) is 240 cm³/mol. The monoisotopic (exact) mass is 834 g/mol. The minimum Gasteiger partial charge on any atom is -0.543 e. The Morgan fingerprint density at radius 1 is 0.860 bits per heavy atom.